The van der Waals surface area contributed by atoms with E-state index in [1.807, 2.05) is 32.2 Å². The van der Waals surface area contributed by atoms with Gasteiger partial charge < -0.3 is 5.11 Å². The molecule has 2 rings (SSSR count). The van der Waals surface area contributed by atoms with Gasteiger partial charge in [-0.25, -0.2) is 0 Å². The number of phenols is 1. The Balaban J connectivity index is 0.000000677. The molecular weight excluding hydrogens is 384 g/mol. The SMILES string of the molecule is Cc1cc(C)c(O)c(C=NC2CCC(C)CC2)c1.[Cl][Zr][Cl]. The monoisotopic (exact) mass is 405 g/mol. The molecule has 0 saturated heterocycles. The number of hydrogen-bond donors (Lipinski definition) is 1. The minimum atomic E-state index is -0.826. The van der Waals surface area contributed by atoms with Crippen LogP contribution in [0.1, 0.15) is 49.3 Å². The van der Waals surface area contributed by atoms with E-state index < -0.39 is 20.8 Å². The molecule has 1 N–H and O–H groups in total. The fourth-order valence-corrected chi connectivity index (χ4v) is 2.67. The molecule has 2 nitrogen and oxygen atoms in total. The maximum atomic E-state index is 10.0. The third-order valence-corrected chi connectivity index (χ3v) is 3.88. The van der Waals surface area contributed by atoms with E-state index in [1.54, 1.807) is 0 Å². The normalized spacial score (nSPS) is 21.8. The summed E-state index contributed by atoms with van der Waals surface area (Å²) in [5.41, 5.74) is 2.95. The molecular formula is C16H23Cl2NOZr. The van der Waals surface area contributed by atoms with E-state index in [9.17, 15) is 5.11 Å². The molecule has 0 atom stereocenters. The summed E-state index contributed by atoms with van der Waals surface area (Å²) in [6.07, 6.45) is 6.78. The summed E-state index contributed by atoms with van der Waals surface area (Å²) >= 11 is -0.826. The molecule has 0 unspecified atom stereocenters. The van der Waals surface area contributed by atoms with Crippen LogP contribution in [0.15, 0.2) is 17.1 Å². The Morgan fingerprint density at radius 3 is 2.33 bits per heavy atom. The molecule has 116 valence electrons. The summed E-state index contributed by atoms with van der Waals surface area (Å²) in [6.45, 7) is 6.30. The first-order valence-electron chi connectivity index (χ1n) is 7.27. The molecule has 1 aromatic rings. The molecule has 1 fully saturated rings. The third kappa shape index (κ3) is 6.84. The van der Waals surface area contributed by atoms with Gasteiger partial charge in [-0.3, -0.25) is 4.99 Å². The van der Waals surface area contributed by atoms with E-state index in [0.29, 0.717) is 11.8 Å². The van der Waals surface area contributed by atoms with E-state index in [1.165, 1.54) is 31.2 Å². The molecule has 21 heavy (non-hydrogen) atoms. The number of nitrogens with zero attached hydrogens (tertiary/aromatic N) is 1. The van der Waals surface area contributed by atoms with Crippen LogP contribution in [-0.2, 0) is 20.8 Å². The van der Waals surface area contributed by atoms with Crippen molar-refractivity contribution < 1.29 is 26.0 Å². The van der Waals surface area contributed by atoms with Gasteiger partial charge in [0.05, 0.1) is 0 Å². The van der Waals surface area contributed by atoms with Crippen molar-refractivity contribution in [2.24, 2.45) is 10.9 Å². The minimum absolute atomic E-state index is 0.369. The molecule has 0 amide bonds. The van der Waals surface area contributed by atoms with Gasteiger partial charge in [0.2, 0.25) is 0 Å². The number of aromatic hydroxyl groups is 1. The molecule has 1 aliphatic carbocycles. The quantitative estimate of drug-likeness (QED) is 0.656. The number of aryl methyl sites for hydroxylation is 2. The first-order chi connectivity index (χ1) is 9.97. The Kier molecular flexibility index (Phi) is 9.17. The van der Waals surface area contributed by atoms with Crippen molar-refractivity contribution in [3.8, 4) is 5.75 Å². The van der Waals surface area contributed by atoms with Gasteiger partial charge in [0.25, 0.3) is 0 Å². The van der Waals surface area contributed by atoms with E-state index >= 15 is 0 Å². The number of benzene rings is 1. The summed E-state index contributed by atoms with van der Waals surface area (Å²) in [7, 11) is 9.87. The Labute approximate surface area is 146 Å². The van der Waals surface area contributed by atoms with Crippen LogP contribution in [0.3, 0.4) is 0 Å². The topological polar surface area (TPSA) is 32.6 Å². The van der Waals surface area contributed by atoms with Crippen LogP contribution in [0.25, 0.3) is 0 Å². The van der Waals surface area contributed by atoms with E-state index in [4.69, 9.17) is 17.0 Å². The summed E-state index contributed by atoms with van der Waals surface area (Å²) in [6, 6.07) is 4.44. The Hall–Kier alpha value is 0.153. The summed E-state index contributed by atoms with van der Waals surface area (Å²) in [5, 5.41) is 10.0. The number of phenolic OH excluding ortho intramolecular Hbond substituents is 1. The average Bonchev–Trinajstić information content (AvgIpc) is 2.44. The summed E-state index contributed by atoms with van der Waals surface area (Å²) in [4.78, 5) is 4.65. The van der Waals surface area contributed by atoms with Gasteiger partial charge in [0.1, 0.15) is 5.75 Å². The van der Waals surface area contributed by atoms with Gasteiger partial charge in [0.15, 0.2) is 0 Å². The molecule has 0 spiro atoms. The van der Waals surface area contributed by atoms with Crippen molar-refractivity contribution in [2.75, 3.05) is 0 Å². The maximum absolute atomic E-state index is 10.0. The molecule has 0 aromatic heterocycles. The van der Waals surface area contributed by atoms with Gasteiger partial charge in [-0.2, -0.15) is 0 Å². The van der Waals surface area contributed by atoms with Crippen LogP contribution in [0.4, 0.5) is 0 Å². The molecule has 1 saturated carbocycles. The number of rotatable bonds is 2. The van der Waals surface area contributed by atoms with Crippen molar-refractivity contribution in [3.63, 3.8) is 0 Å². The second-order valence-corrected chi connectivity index (χ2v) is 9.51. The second kappa shape index (κ2) is 10.0. The molecule has 1 aromatic carbocycles. The molecule has 0 heterocycles. The van der Waals surface area contributed by atoms with Gasteiger partial charge >= 0.3 is 37.9 Å². The number of halogens is 2. The van der Waals surface area contributed by atoms with E-state index in [-0.39, 0.29) is 0 Å². The predicted octanol–water partition coefficient (Wildman–Crippen LogP) is 5.38. The summed E-state index contributed by atoms with van der Waals surface area (Å²) in [5.74, 6) is 1.22. The number of aliphatic imine (C=N–C) groups is 1. The zero-order chi connectivity index (χ0) is 15.8. The predicted molar refractivity (Wildman–Crippen MR) is 88.3 cm³/mol. The average molecular weight is 407 g/mol. The zero-order valence-electron chi connectivity index (χ0n) is 12.9. The standard InChI is InChI=1S/C16H23NO.2ClH.Zr/c1-11-4-6-15(7-5-11)17-10-14-9-12(2)8-13(3)16(14)18;;;/h8-11,15,18H,4-7H2,1-3H3;2*1H;/q;;;+2/p-2. The van der Waals surface area contributed by atoms with Crippen molar-refractivity contribution in [1.29, 1.82) is 0 Å². The van der Waals surface area contributed by atoms with E-state index in [0.717, 1.165) is 17.0 Å². The van der Waals surface area contributed by atoms with Crippen LogP contribution in [-0.4, -0.2) is 17.4 Å². The first-order valence-corrected chi connectivity index (χ1v) is 13.6. The van der Waals surface area contributed by atoms with Crippen molar-refractivity contribution in [3.05, 3.63) is 28.8 Å². The fraction of sp³-hybridized carbons (Fsp3) is 0.562. The molecule has 5 heteroatoms. The van der Waals surface area contributed by atoms with Crippen LogP contribution < -0.4 is 0 Å². The van der Waals surface area contributed by atoms with Crippen LogP contribution in [0.2, 0.25) is 0 Å². The number of hydrogen-bond acceptors (Lipinski definition) is 2. The third-order valence-electron chi connectivity index (χ3n) is 3.88. The van der Waals surface area contributed by atoms with Crippen LogP contribution in [0.5, 0.6) is 5.75 Å². The Morgan fingerprint density at radius 2 is 1.76 bits per heavy atom. The Morgan fingerprint density at radius 1 is 1.19 bits per heavy atom. The van der Waals surface area contributed by atoms with Crippen LogP contribution in [0, 0.1) is 19.8 Å². The molecule has 0 radical (unpaired) electrons. The van der Waals surface area contributed by atoms with E-state index in [2.05, 4.69) is 11.9 Å². The van der Waals surface area contributed by atoms with Gasteiger partial charge in [-0.1, -0.05) is 13.0 Å². The summed E-state index contributed by atoms with van der Waals surface area (Å²) < 4.78 is 0. The Bertz CT molecular complexity index is 472. The van der Waals surface area contributed by atoms with Gasteiger partial charge in [-0.15, -0.1) is 0 Å². The van der Waals surface area contributed by atoms with Crippen molar-refractivity contribution in [2.45, 2.75) is 52.5 Å². The second-order valence-electron chi connectivity index (χ2n) is 5.78. The van der Waals surface area contributed by atoms with Crippen molar-refractivity contribution >= 4 is 23.2 Å². The first kappa shape index (κ1) is 19.2. The molecule has 0 aliphatic heterocycles. The fourth-order valence-electron chi connectivity index (χ4n) is 2.67. The molecule has 0 bridgehead atoms. The zero-order valence-corrected chi connectivity index (χ0v) is 16.8. The van der Waals surface area contributed by atoms with Gasteiger partial charge in [-0.05, 0) is 62.6 Å². The molecule has 1 aliphatic rings. The van der Waals surface area contributed by atoms with Crippen LogP contribution >= 0.6 is 17.0 Å². The van der Waals surface area contributed by atoms with Crippen molar-refractivity contribution in [1.82, 2.24) is 0 Å². The van der Waals surface area contributed by atoms with Gasteiger partial charge in [0, 0.05) is 17.8 Å².